The summed E-state index contributed by atoms with van der Waals surface area (Å²) in [5.41, 5.74) is 0. The van der Waals surface area contributed by atoms with Gasteiger partial charge in [-0.3, -0.25) is 0 Å². The van der Waals surface area contributed by atoms with Crippen molar-refractivity contribution >= 4 is 17.7 Å². The molecular formula is C6H8ClNO. The Morgan fingerprint density at radius 3 is 2.89 bits per heavy atom. The molecule has 0 spiro atoms. The van der Waals surface area contributed by atoms with E-state index in [0.717, 1.165) is 6.42 Å². The van der Waals surface area contributed by atoms with Crippen molar-refractivity contribution in [2.75, 3.05) is 12.4 Å². The number of hydrogen-bond acceptors (Lipinski definition) is 2. The standard InChI is InChI=1S/C6H8ClNO/c7-4-2-1-3-5-8-6-9/h1-2H,3-5H2. The fourth-order valence-electron chi connectivity index (χ4n) is 0.366. The van der Waals surface area contributed by atoms with E-state index < -0.39 is 0 Å². The molecule has 0 amide bonds. The Labute approximate surface area is 59.2 Å². The van der Waals surface area contributed by atoms with Gasteiger partial charge in [-0.25, -0.2) is 9.79 Å². The second-order valence-electron chi connectivity index (χ2n) is 1.39. The number of alkyl halides is 1. The largest absolute Gasteiger partial charge is 0.234 e. The molecule has 3 heteroatoms. The van der Waals surface area contributed by atoms with Crippen LogP contribution in [-0.2, 0) is 4.79 Å². The Kier molecular flexibility index (Phi) is 6.92. The maximum atomic E-state index is 9.50. The molecule has 0 saturated carbocycles. The Hall–Kier alpha value is -0.590. The van der Waals surface area contributed by atoms with Crippen molar-refractivity contribution in [1.29, 1.82) is 0 Å². The third-order valence-corrected chi connectivity index (χ3v) is 0.906. The van der Waals surface area contributed by atoms with E-state index in [0.29, 0.717) is 12.4 Å². The highest BCUT2D eigenvalue weighted by molar-refractivity contribution is 6.18. The van der Waals surface area contributed by atoms with Gasteiger partial charge >= 0.3 is 0 Å². The van der Waals surface area contributed by atoms with Gasteiger partial charge in [0.25, 0.3) is 0 Å². The fraction of sp³-hybridized carbons (Fsp3) is 0.500. The summed E-state index contributed by atoms with van der Waals surface area (Å²) in [6.45, 7) is 0.511. The molecule has 0 aliphatic heterocycles. The number of halogens is 1. The monoisotopic (exact) mass is 145 g/mol. The van der Waals surface area contributed by atoms with Crippen molar-refractivity contribution in [3.8, 4) is 0 Å². The summed E-state index contributed by atoms with van der Waals surface area (Å²) < 4.78 is 0. The summed E-state index contributed by atoms with van der Waals surface area (Å²) in [5.74, 6) is 0.519. The highest BCUT2D eigenvalue weighted by Crippen LogP contribution is 1.84. The van der Waals surface area contributed by atoms with E-state index in [-0.39, 0.29) is 0 Å². The minimum absolute atomic E-state index is 0.511. The van der Waals surface area contributed by atoms with Crippen LogP contribution < -0.4 is 0 Å². The molecule has 0 aromatic carbocycles. The lowest BCUT2D eigenvalue weighted by Gasteiger charge is -1.80. The third-order valence-electron chi connectivity index (χ3n) is 0.728. The molecule has 0 saturated heterocycles. The first-order chi connectivity index (χ1) is 4.41. The van der Waals surface area contributed by atoms with Crippen molar-refractivity contribution in [1.82, 2.24) is 0 Å². The molecule has 0 heterocycles. The van der Waals surface area contributed by atoms with Crippen LogP contribution in [0.1, 0.15) is 6.42 Å². The Morgan fingerprint density at radius 2 is 2.33 bits per heavy atom. The van der Waals surface area contributed by atoms with Crippen LogP contribution in [0.4, 0.5) is 0 Å². The van der Waals surface area contributed by atoms with E-state index >= 15 is 0 Å². The van der Waals surface area contributed by atoms with Gasteiger partial charge in [0.05, 0.1) is 6.54 Å². The van der Waals surface area contributed by atoms with Gasteiger partial charge in [0.2, 0.25) is 6.08 Å². The van der Waals surface area contributed by atoms with Gasteiger partial charge in [0.1, 0.15) is 0 Å². The van der Waals surface area contributed by atoms with Crippen LogP contribution in [0.15, 0.2) is 17.1 Å². The van der Waals surface area contributed by atoms with Gasteiger partial charge in [0.15, 0.2) is 0 Å². The van der Waals surface area contributed by atoms with Gasteiger partial charge in [-0.15, -0.1) is 11.6 Å². The highest BCUT2D eigenvalue weighted by atomic mass is 35.5. The summed E-state index contributed by atoms with van der Waals surface area (Å²) in [6, 6.07) is 0. The summed E-state index contributed by atoms with van der Waals surface area (Å²) >= 11 is 5.32. The van der Waals surface area contributed by atoms with Crippen molar-refractivity contribution in [3.05, 3.63) is 12.2 Å². The predicted molar refractivity (Wildman–Crippen MR) is 37.5 cm³/mol. The quantitative estimate of drug-likeness (QED) is 0.194. The number of rotatable bonds is 4. The van der Waals surface area contributed by atoms with Crippen LogP contribution in [0.5, 0.6) is 0 Å². The van der Waals surface area contributed by atoms with Gasteiger partial charge in [-0.2, -0.15) is 0 Å². The molecule has 0 N–H and O–H groups in total. The smallest absolute Gasteiger partial charge is 0.211 e. The molecule has 0 unspecified atom stereocenters. The summed E-state index contributed by atoms with van der Waals surface area (Å²) in [5, 5.41) is 0. The topological polar surface area (TPSA) is 29.4 Å². The van der Waals surface area contributed by atoms with Crippen molar-refractivity contribution < 1.29 is 4.79 Å². The number of nitrogens with zero attached hydrogens (tertiary/aromatic N) is 1. The van der Waals surface area contributed by atoms with E-state index in [1.54, 1.807) is 0 Å². The van der Waals surface area contributed by atoms with E-state index in [4.69, 9.17) is 11.6 Å². The first-order valence-corrected chi connectivity index (χ1v) is 3.20. The molecule has 0 aromatic rings. The Balaban J connectivity index is 3.08. The molecule has 0 rings (SSSR count). The first kappa shape index (κ1) is 8.41. The van der Waals surface area contributed by atoms with Crippen LogP contribution in [0.2, 0.25) is 0 Å². The number of isocyanates is 1. The van der Waals surface area contributed by atoms with Gasteiger partial charge in [0, 0.05) is 5.88 Å². The van der Waals surface area contributed by atoms with E-state index in [1.807, 2.05) is 12.2 Å². The second-order valence-corrected chi connectivity index (χ2v) is 1.70. The average molecular weight is 146 g/mol. The molecule has 2 nitrogen and oxygen atoms in total. The maximum absolute atomic E-state index is 9.50. The molecule has 0 atom stereocenters. The van der Waals surface area contributed by atoms with Crippen molar-refractivity contribution in [3.63, 3.8) is 0 Å². The fourth-order valence-corrected chi connectivity index (χ4v) is 0.492. The molecule has 0 radical (unpaired) electrons. The number of carbonyl (C=O) groups excluding carboxylic acids is 1. The third kappa shape index (κ3) is 7.41. The molecule has 0 aromatic heterocycles. The van der Waals surface area contributed by atoms with Gasteiger partial charge in [-0.1, -0.05) is 12.2 Å². The van der Waals surface area contributed by atoms with E-state index in [1.165, 1.54) is 6.08 Å². The normalized spacial score (nSPS) is 9.44. The number of allylic oxidation sites excluding steroid dienone is 1. The Bertz CT molecular complexity index is 127. The van der Waals surface area contributed by atoms with Gasteiger partial charge in [-0.05, 0) is 6.42 Å². The summed E-state index contributed by atoms with van der Waals surface area (Å²) in [7, 11) is 0. The minimum Gasteiger partial charge on any atom is -0.211 e. The molecule has 50 valence electrons. The highest BCUT2D eigenvalue weighted by Gasteiger charge is 1.74. The zero-order chi connectivity index (χ0) is 6.95. The minimum atomic E-state index is 0.511. The van der Waals surface area contributed by atoms with Crippen LogP contribution in [-0.4, -0.2) is 18.5 Å². The Morgan fingerprint density at radius 1 is 1.56 bits per heavy atom. The van der Waals surface area contributed by atoms with Crippen molar-refractivity contribution in [2.45, 2.75) is 6.42 Å². The zero-order valence-electron chi connectivity index (χ0n) is 5.01. The maximum Gasteiger partial charge on any atom is 0.234 e. The number of aliphatic imine (C=N–C) groups is 1. The van der Waals surface area contributed by atoms with Crippen LogP contribution >= 0.6 is 11.6 Å². The lowest BCUT2D eigenvalue weighted by molar-refractivity contribution is 0.563. The molecule has 0 fully saturated rings. The number of hydrogen-bond donors (Lipinski definition) is 0. The summed E-state index contributed by atoms with van der Waals surface area (Å²) in [6.07, 6.45) is 5.92. The van der Waals surface area contributed by atoms with Crippen LogP contribution in [0.3, 0.4) is 0 Å². The SMILES string of the molecule is O=C=NCCC=CCCl. The molecule has 0 aliphatic rings. The van der Waals surface area contributed by atoms with E-state index in [2.05, 4.69) is 4.99 Å². The lowest BCUT2D eigenvalue weighted by Crippen LogP contribution is -1.74. The first-order valence-electron chi connectivity index (χ1n) is 2.66. The average Bonchev–Trinajstić information content (AvgIpc) is 1.89. The molecule has 9 heavy (non-hydrogen) atoms. The van der Waals surface area contributed by atoms with Crippen LogP contribution in [0, 0.1) is 0 Å². The zero-order valence-corrected chi connectivity index (χ0v) is 5.77. The molecule has 0 bridgehead atoms. The van der Waals surface area contributed by atoms with Gasteiger partial charge < -0.3 is 0 Å². The van der Waals surface area contributed by atoms with Crippen molar-refractivity contribution in [2.24, 2.45) is 4.99 Å². The molecule has 0 aliphatic carbocycles. The van der Waals surface area contributed by atoms with E-state index in [9.17, 15) is 4.79 Å². The molecular weight excluding hydrogens is 138 g/mol. The predicted octanol–water partition coefficient (Wildman–Crippen LogP) is 1.51. The summed E-state index contributed by atoms with van der Waals surface area (Å²) in [4.78, 5) is 12.8. The van der Waals surface area contributed by atoms with Crippen LogP contribution in [0.25, 0.3) is 0 Å². The second kappa shape index (κ2) is 7.41. The lowest BCUT2D eigenvalue weighted by atomic mass is 10.4.